The highest BCUT2D eigenvalue weighted by Gasteiger charge is 2.14. The van der Waals surface area contributed by atoms with Crippen LogP contribution in [0.25, 0.3) is 96.3 Å². The lowest BCUT2D eigenvalue weighted by Gasteiger charge is -2.08. The van der Waals surface area contributed by atoms with Gasteiger partial charge in [0.25, 0.3) is 0 Å². The first kappa shape index (κ1) is 32.6. The molecule has 0 aliphatic rings. The van der Waals surface area contributed by atoms with E-state index in [1.165, 1.54) is 107 Å². The third-order valence-corrected chi connectivity index (χ3v) is 13.2. The molecule has 2 heteroatoms. The van der Waals surface area contributed by atoms with Gasteiger partial charge in [-0.25, -0.2) is 0 Å². The standard InChI is InChI=1S/C52H36S2/c1-33-3-7-35(8-4-33)37-11-15-39(16-12-37)41-19-23-43(24-20-41)45-27-29-47-49(31-45)53-52-48-30-28-46(32-50(48)54-51(47)52)44-25-21-42(22-26-44)40-17-13-38(14-18-40)36-9-5-34(2)6-10-36/h3-32H,1-2H3. The van der Waals surface area contributed by atoms with Gasteiger partial charge in [-0.05, 0) is 92.7 Å². The van der Waals surface area contributed by atoms with Crippen molar-refractivity contribution in [2.75, 3.05) is 0 Å². The molecule has 0 spiro atoms. The Hall–Kier alpha value is -6.06. The van der Waals surface area contributed by atoms with Crippen LogP contribution < -0.4 is 0 Å². The smallest absolute Gasteiger partial charge is 0.0542 e. The molecule has 0 fully saturated rings. The van der Waals surface area contributed by atoms with E-state index in [0.29, 0.717) is 0 Å². The maximum absolute atomic E-state index is 2.37. The van der Waals surface area contributed by atoms with E-state index in [2.05, 4.69) is 196 Å². The summed E-state index contributed by atoms with van der Waals surface area (Å²) in [6.07, 6.45) is 0. The molecular weight excluding hydrogens is 689 g/mol. The summed E-state index contributed by atoms with van der Waals surface area (Å²) in [6, 6.07) is 67.2. The molecule has 256 valence electrons. The minimum absolute atomic E-state index is 1.23. The number of aryl methyl sites for hydroxylation is 2. The predicted molar refractivity (Wildman–Crippen MR) is 237 cm³/mol. The molecule has 0 radical (unpaired) electrons. The van der Waals surface area contributed by atoms with E-state index in [9.17, 15) is 0 Å². The molecule has 0 bridgehead atoms. The van der Waals surface area contributed by atoms with Crippen molar-refractivity contribution in [2.45, 2.75) is 13.8 Å². The van der Waals surface area contributed by atoms with Gasteiger partial charge in [0, 0.05) is 20.2 Å². The van der Waals surface area contributed by atoms with Crippen LogP contribution in [0.1, 0.15) is 11.1 Å². The first-order valence-corrected chi connectivity index (χ1v) is 20.1. The van der Waals surface area contributed by atoms with E-state index in [0.717, 1.165) is 0 Å². The van der Waals surface area contributed by atoms with E-state index in [1.54, 1.807) is 0 Å². The van der Waals surface area contributed by atoms with Crippen LogP contribution in [0.15, 0.2) is 182 Å². The number of fused-ring (bicyclic) bond motifs is 5. The number of thiophene rings is 2. The van der Waals surface area contributed by atoms with Crippen LogP contribution in [0.5, 0.6) is 0 Å². The summed E-state index contributed by atoms with van der Waals surface area (Å²) in [5.74, 6) is 0. The molecule has 0 saturated heterocycles. The number of rotatable bonds is 6. The Bertz CT molecular complexity index is 2720. The van der Waals surface area contributed by atoms with Gasteiger partial charge in [-0.1, -0.05) is 181 Å². The van der Waals surface area contributed by atoms with Crippen molar-refractivity contribution < 1.29 is 0 Å². The van der Waals surface area contributed by atoms with Crippen LogP contribution in [0.2, 0.25) is 0 Å². The van der Waals surface area contributed by atoms with Crippen molar-refractivity contribution in [3.63, 3.8) is 0 Å². The summed E-state index contributed by atoms with van der Waals surface area (Å²) in [5.41, 5.74) is 17.5. The highest BCUT2D eigenvalue weighted by atomic mass is 32.1. The average molecular weight is 725 g/mol. The van der Waals surface area contributed by atoms with Crippen LogP contribution in [0, 0.1) is 13.8 Å². The molecule has 0 unspecified atom stereocenters. The summed E-state index contributed by atoms with van der Waals surface area (Å²) in [4.78, 5) is 0. The van der Waals surface area contributed by atoms with Gasteiger partial charge in [-0.3, -0.25) is 0 Å². The fourth-order valence-corrected chi connectivity index (χ4v) is 10.3. The number of hydrogen-bond donors (Lipinski definition) is 0. The summed E-state index contributed by atoms with van der Waals surface area (Å²) in [7, 11) is 0. The monoisotopic (exact) mass is 724 g/mol. The molecule has 0 atom stereocenters. The first-order valence-electron chi connectivity index (χ1n) is 18.5. The molecule has 2 aromatic heterocycles. The molecule has 0 amide bonds. The lowest BCUT2D eigenvalue weighted by atomic mass is 9.97. The Morgan fingerprint density at radius 1 is 0.241 bits per heavy atom. The van der Waals surface area contributed by atoms with Crippen LogP contribution >= 0.6 is 22.7 Å². The zero-order chi connectivity index (χ0) is 36.2. The summed E-state index contributed by atoms with van der Waals surface area (Å²) in [6.45, 7) is 4.26. The predicted octanol–water partition coefficient (Wildman–Crippen LogP) is 15.9. The van der Waals surface area contributed by atoms with E-state index < -0.39 is 0 Å². The summed E-state index contributed by atoms with van der Waals surface area (Å²) < 4.78 is 5.47. The lowest BCUT2D eigenvalue weighted by molar-refractivity contribution is 1.47. The second-order valence-corrected chi connectivity index (χ2v) is 16.4. The summed E-state index contributed by atoms with van der Waals surface area (Å²) in [5, 5.41) is 2.70. The summed E-state index contributed by atoms with van der Waals surface area (Å²) >= 11 is 3.84. The fraction of sp³-hybridized carbons (Fsp3) is 0.0385. The van der Waals surface area contributed by atoms with Crippen molar-refractivity contribution in [2.24, 2.45) is 0 Å². The second kappa shape index (κ2) is 13.4. The maximum atomic E-state index is 2.37. The number of benzene rings is 8. The minimum atomic E-state index is 1.23. The third kappa shape index (κ3) is 6.04. The quantitative estimate of drug-likeness (QED) is 0.160. The van der Waals surface area contributed by atoms with Gasteiger partial charge >= 0.3 is 0 Å². The van der Waals surface area contributed by atoms with Crippen LogP contribution in [0.4, 0.5) is 0 Å². The molecule has 0 aliphatic heterocycles. The van der Waals surface area contributed by atoms with E-state index in [4.69, 9.17) is 0 Å². The van der Waals surface area contributed by atoms with E-state index >= 15 is 0 Å². The van der Waals surface area contributed by atoms with E-state index in [-0.39, 0.29) is 0 Å². The molecule has 0 saturated carbocycles. The van der Waals surface area contributed by atoms with Crippen molar-refractivity contribution in [3.8, 4) is 66.8 Å². The molecule has 8 aromatic carbocycles. The zero-order valence-electron chi connectivity index (χ0n) is 30.1. The molecule has 10 rings (SSSR count). The molecular formula is C52H36S2. The Morgan fingerprint density at radius 3 is 0.704 bits per heavy atom. The van der Waals surface area contributed by atoms with Gasteiger partial charge in [-0.15, -0.1) is 22.7 Å². The van der Waals surface area contributed by atoms with Crippen molar-refractivity contribution >= 4 is 52.2 Å². The molecule has 0 N–H and O–H groups in total. The van der Waals surface area contributed by atoms with Crippen molar-refractivity contribution in [3.05, 3.63) is 193 Å². The van der Waals surface area contributed by atoms with Gasteiger partial charge in [0.1, 0.15) is 0 Å². The largest absolute Gasteiger partial charge is 0.134 e. The Kier molecular flexibility index (Phi) is 8.09. The minimum Gasteiger partial charge on any atom is -0.134 e. The maximum Gasteiger partial charge on any atom is 0.0542 e. The van der Waals surface area contributed by atoms with Gasteiger partial charge < -0.3 is 0 Å². The highest BCUT2D eigenvalue weighted by molar-refractivity contribution is 7.36. The Morgan fingerprint density at radius 2 is 0.444 bits per heavy atom. The van der Waals surface area contributed by atoms with Gasteiger partial charge in [0.2, 0.25) is 0 Å². The Labute approximate surface area is 324 Å². The van der Waals surface area contributed by atoms with Crippen LogP contribution in [0.3, 0.4) is 0 Å². The molecule has 0 nitrogen and oxygen atoms in total. The van der Waals surface area contributed by atoms with E-state index in [1.807, 2.05) is 22.7 Å². The van der Waals surface area contributed by atoms with Gasteiger partial charge in [0.15, 0.2) is 0 Å². The van der Waals surface area contributed by atoms with Crippen molar-refractivity contribution in [1.82, 2.24) is 0 Å². The second-order valence-electron chi connectivity index (χ2n) is 14.3. The zero-order valence-corrected chi connectivity index (χ0v) is 31.8. The lowest BCUT2D eigenvalue weighted by Crippen LogP contribution is -1.82. The number of hydrogen-bond acceptors (Lipinski definition) is 2. The normalized spacial score (nSPS) is 11.5. The SMILES string of the molecule is Cc1ccc(-c2ccc(-c3ccc(-c4ccc5c(c4)sc4c6ccc(-c7ccc(-c8ccc(-c9ccc(C)cc9)cc8)cc7)cc6sc54)cc3)cc2)cc1. The van der Waals surface area contributed by atoms with Crippen LogP contribution in [-0.2, 0) is 0 Å². The van der Waals surface area contributed by atoms with Gasteiger partial charge in [0.05, 0.1) is 9.40 Å². The van der Waals surface area contributed by atoms with Crippen LogP contribution in [-0.4, -0.2) is 0 Å². The van der Waals surface area contributed by atoms with Gasteiger partial charge in [-0.2, -0.15) is 0 Å². The first-order chi connectivity index (χ1) is 26.5. The molecule has 0 aliphatic carbocycles. The van der Waals surface area contributed by atoms with Crippen molar-refractivity contribution in [1.29, 1.82) is 0 Å². The average Bonchev–Trinajstić information content (AvgIpc) is 3.77. The molecule has 2 heterocycles. The molecule has 10 aromatic rings. The topological polar surface area (TPSA) is 0 Å². The third-order valence-electron chi connectivity index (χ3n) is 10.7. The molecule has 54 heavy (non-hydrogen) atoms. The fourth-order valence-electron chi connectivity index (χ4n) is 7.53. The Balaban J connectivity index is 0.872. The highest BCUT2D eigenvalue weighted by Crippen LogP contribution is 2.46.